The van der Waals surface area contributed by atoms with E-state index < -0.39 is 6.09 Å². The summed E-state index contributed by atoms with van der Waals surface area (Å²) in [6.07, 6.45) is 5.85. The second-order valence-electron chi connectivity index (χ2n) is 9.33. The Labute approximate surface area is 223 Å². The monoisotopic (exact) mass is 530 g/mol. The van der Waals surface area contributed by atoms with Gasteiger partial charge in [0.05, 0.1) is 37.5 Å². The van der Waals surface area contributed by atoms with E-state index in [1.165, 1.54) is 12.1 Å². The number of halogens is 1. The van der Waals surface area contributed by atoms with Crippen LogP contribution < -0.4 is 10.1 Å². The highest BCUT2D eigenvalue weighted by Crippen LogP contribution is 2.30. The molecule has 1 atom stereocenters. The zero-order valence-electron chi connectivity index (χ0n) is 21.3. The van der Waals surface area contributed by atoms with Gasteiger partial charge in [-0.2, -0.15) is 5.10 Å². The lowest BCUT2D eigenvalue weighted by Crippen LogP contribution is -2.38. The summed E-state index contributed by atoms with van der Waals surface area (Å²) in [6, 6.07) is 7.96. The van der Waals surface area contributed by atoms with Gasteiger partial charge in [-0.25, -0.2) is 19.2 Å². The maximum atomic E-state index is 14.2. The van der Waals surface area contributed by atoms with Crippen LogP contribution in [0.2, 0.25) is 0 Å². The summed E-state index contributed by atoms with van der Waals surface area (Å²) in [5.74, 6) is -0.0997. The minimum absolute atomic E-state index is 0.237. The number of pyridine rings is 1. The molecule has 12 heteroatoms. The van der Waals surface area contributed by atoms with Crippen LogP contribution in [0.15, 0.2) is 55.1 Å². The smallest absolute Gasteiger partial charge is 0.406 e. The lowest BCUT2D eigenvalue weighted by molar-refractivity contribution is 0.0361. The van der Waals surface area contributed by atoms with E-state index in [1.54, 1.807) is 35.5 Å². The average molecular weight is 531 g/mol. The molecule has 1 unspecified atom stereocenters. The summed E-state index contributed by atoms with van der Waals surface area (Å²) >= 11 is 0. The first kappa shape index (κ1) is 24.9. The van der Waals surface area contributed by atoms with Gasteiger partial charge in [0.25, 0.3) is 0 Å². The number of nitrogens with zero attached hydrogens (tertiary/aromatic N) is 6. The molecule has 0 radical (unpaired) electrons. The van der Waals surface area contributed by atoms with Gasteiger partial charge >= 0.3 is 6.09 Å². The number of H-pyrrole nitrogens is 1. The van der Waals surface area contributed by atoms with E-state index in [0.29, 0.717) is 47.8 Å². The number of hydrogen-bond donors (Lipinski definition) is 2. The predicted molar refractivity (Wildman–Crippen MR) is 142 cm³/mol. The highest BCUT2D eigenvalue weighted by Gasteiger charge is 2.20. The number of carbonyl (C=O) groups is 1. The van der Waals surface area contributed by atoms with Gasteiger partial charge in [-0.1, -0.05) is 0 Å². The predicted octanol–water partition coefficient (Wildman–Crippen LogP) is 3.69. The number of hydrogen-bond acceptors (Lipinski definition) is 8. The molecule has 5 aromatic rings. The van der Waals surface area contributed by atoms with Crippen LogP contribution in [0.1, 0.15) is 18.5 Å². The summed E-state index contributed by atoms with van der Waals surface area (Å²) in [7, 11) is 0. The van der Waals surface area contributed by atoms with Crippen molar-refractivity contribution in [2.45, 2.75) is 19.5 Å². The Morgan fingerprint density at radius 1 is 1.21 bits per heavy atom. The number of nitrogens with one attached hydrogen (secondary N) is 2. The molecule has 1 aliphatic rings. The Kier molecular flexibility index (Phi) is 6.86. The Morgan fingerprint density at radius 2 is 2.03 bits per heavy atom. The lowest BCUT2D eigenvalue weighted by atomic mass is 10.1. The Morgan fingerprint density at radius 3 is 2.85 bits per heavy atom. The number of aromatic nitrogens is 6. The molecule has 0 spiro atoms. The minimum Gasteiger partial charge on any atom is -0.406 e. The molecule has 0 bridgehead atoms. The molecule has 2 N–H and O–H groups in total. The summed E-state index contributed by atoms with van der Waals surface area (Å²) in [5.41, 5.74) is 3.48. The van der Waals surface area contributed by atoms with Crippen molar-refractivity contribution in [3.8, 4) is 17.1 Å². The van der Waals surface area contributed by atoms with Gasteiger partial charge < -0.3 is 19.8 Å². The van der Waals surface area contributed by atoms with E-state index in [9.17, 15) is 9.18 Å². The van der Waals surface area contributed by atoms with Crippen LogP contribution in [0.5, 0.6) is 5.75 Å². The fraction of sp³-hybridized carbons (Fsp3) is 0.296. The largest absolute Gasteiger partial charge is 0.413 e. The van der Waals surface area contributed by atoms with E-state index >= 15 is 0 Å². The van der Waals surface area contributed by atoms with Crippen LogP contribution in [0.3, 0.4) is 0 Å². The number of aromatic amines is 1. The zero-order valence-corrected chi connectivity index (χ0v) is 21.3. The molecule has 1 aromatic carbocycles. The van der Waals surface area contributed by atoms with Crippen LogP contribution >= 0.6 is 0 Å². The quantitative estimate of drug-likeness (QED) is 0.327. The van der Waals surface area contributed by atoms with Gasteiger partial charge in [0.15, 0.2) is 16.9 Å². The molecule has 4 aromatic heterocycles. The number of carbonyl (C=O) groups excluding carboxylic acids is 1. The summed E-state index contributed by atoms with van der Waals surface area (Å²) in [5, 5.41) is 8.36. The van der Waals surface area contributed by atoms with Crippen LogP contribution in [0, 0.1) is 5.82 Å². The zero-order chi connectivity index (χ0) is 26.8. The summed E-state index contributed by atoms with van der Waals surface area (Å²) in [6.45, 7) is 6.33. The first-order valence-corrected chi connectivity index (χ1v) is 12.7. The maximum absolute atomic E-state index is 14.2. The van der Waals surface area contributed by atoms with Crippen molar-refractivity contribution in [3.05, 3.63) is 66.5 Å². The van der Waals surface area contributed by atoms with Crippen molar-refractivity contribution in [3.63, 3.8) is 0 Å². The average Bonchev–Trinajstić information content (AvgIpc) is 3.53. The standard InChI is InChI=1S/C27H27FN8O3/c1-17(18-4-6-29-7-5-18)32-27(37)39-23-16-31-26-25(23)33-21(15-30-26)24-20-3-2-19(28)14-22(20)36(34-24)9-8-35-10-12-38-13-11-35/h2-7,14-17H,8-13H2,1H3,(H,30,31)(H,32,37). The van der Waals surface area contributed by atoms with Crippen molar-refractivity contribution in [2.24, 2.45) is 0 Å². The minimum atomic E-state index is -0.624. The second kappa shape index (κ2) is 10.8. The van der Waals surface area contributed by atoms with E-state index in [2.05, 4.69) is 25.2 Å². The van der Waals surface area contributed by atoms with Gasteiger partial charge in [0, 0.05) is 43.6 Å². The summed E-state index contributed by atoms with van der Waals surface area (Å²) in [4.78, 5) is 31.1. The highest BCUT2D eigenvalue weighted by molar-refractivity contribution is 5.93. The molecule has 1 amide bonds. The van der Waals surface area contributed by atoms with Crippen molar-refractivity contribution in [1.82, 2.24) is 39.9 Å². The molecule has 1 saturated heterocycles. The van der Waals surface area contributed by atoms with Gasteiger partial charge in [0.1, 0.15) is 17.2 Å². The third kappa shape index (κ3) is 5.29. The number of rotatable bonds is 7. The van der Waals surface area contributed by atoms with Crippen molar-refractivity contribution < 1.29 is 18.7 Å². The highest BCUT2D eigenvalue weighted by atomic mass is 19.1. The topological polar surface area (TPSA) is 123 Å². The molecule has 11 nitrogen and oxygen atoms in total. The van der Waals surface area contributed by atoms with E-state index in [0.717, 1.165) is 30.6 Å². The van der Waals surface area contributed by atoms with Crippen molar-refractivity contribution in [1.29, 1.82) is 0 Å². The van der Waals surface area contributed by atoms with Gasteiger partial charge in [-0.05, 0) is 42.8 Å². The van der Waals surface area contributed by atoms with E-state index in [-0.39, 0.29) is 17.6 Å². The molecule has 0 aliphatic carbocycles. The molecule has 6 rings (SSSR count). The van der Waals surface area contributed by atoms with Crippen LogP contribution in [0.4, 0.5) is 9.18 Å². The number of amides is 1. The van der Waals surface area contributed by atoms with Gasteiger partial charge in [0.2, 0.25) is 0 Å². The van der Waals surface area contributed by atoms with Gasteiger partial charge in [-0.3, -0.25) is 14.6 Å². The number of morpholine rings is 1. The van der Waals surface area contributed by atoms with E-state index in [1.807, 2.05) is 19.1 Å². The third-order valence-corrected chi connectivity index (χ3v) is 6.78. The molecule has 39 heavy (non-hydrogen) atoms. The molecule has 5 heterocycles. The van der Waals surface area contributed by atoms with Gasteiger partial charge in [-0.15, -0.1) is 0 Å². The second-order valence-corrected chi connectivity index (χ2v) is 9.33. The fourth-order valence-electron chi connectivity index (χ4n) is 4.67. The number of ether oxygens (including phenoxy) is 2. The third-order valence-electron chi connectivity index (χ3n) is 6.78. The molecular weight excluding hydrogens is 503 g/mol. The Balaban J connectivity index is 1.27. The maximum Gasteiger partial charge on any atom is 0.413 e. The first-order chi connectivity index (χ1) is 19.0. The molecular formula is C27H27FN8O3. The van der Waals surface area contributed by atoms with E-state index in [4.69, 9.17) is 19.6 Å². The Hall–Kier alpha value is -4.42. The van der Waals surface area contributed by atoms with Crippen molar-refractivity contribution in [2.75, 3.05) is 32.8 Å². The molecule has 0 saturated carbocycles. The summed E-state index contributed by atoms with van der Waals surface area (Å²) < 4.78 is 27.0. The Bertz CT molecular complexity index is 1610. The SMILES string of the molecule is CC(NC(=O)Oc1c[nH]c2ncc(-c3nn(CCN4CCOCC4)c4cc(F)ccc34)nc12)c1ccncc1. The van der Waals surface area contributed by atoms with Crippen LogP contribution in [-0.4, -0.2) is 73.6 Å². The number of benzene rings is 1. The van der Waals surface area contributed by atoms with Crippen LogP contribution in [-0.2, 0) is 11.3 Å². The normalized spacial score (nSPS) is 15.0. The molecule has 200 valence electrons. The lowest BCUT2D eigenvalue weighted by Gasteiger charge is -2.26. The van der Waals surface area contributed by atoms with Crippen molar-refractivity contribution >= 4 is 28.2 Å². The molecule has 1 fully saturated rings. The van der Waals surface area contributed by atoms with Crippen LogP contribution in [0.25, 0.3) is 33.5 Å². The first-order valence-electron chi connectivity index (χ1n) is 12.7. The molecule has 1 aliphatic heterocycles. The fourth-order valence-corrected chi connectivity index (χ4v) is 4.67. The number of fused-ring (bicyclic) bond motifs is 2.